The maximum absolute atomic E-state index is 10.9. The Bertz CT molecular complexity index is 636. The average Bonchev–Trinajstić information content (AvgIpc) is 2.32. The Morgan fingerprint density at radius 3 is 2.17 bits per heavy atom. The Kier molecular flexibility index (Phi) is 3.79. The van der Waals surface area contributed by atoms with Crippen LogP contribution >= 0.6 is 15.9 Å². The molecule has 4 nitrogen and oxygen atoms in total. The van der Waals surface area contributed by atoms with Crippen LogP contribution in [-0.2, 0) is 16.5 Å². The number of benzene rings is 1. The van der Waals surface area contributed by atoms with Crippen molar-refractivity contribution in [1.29, 1.82) is 0 Å². The molecule has 0 atom stereocenters. The Morgan fingerprint density at radius 2 is 1.67 bits per heavy atom. The Labute approximate surface area is 114 Å². The summed E-state index contributed by atoms with van der Waals surface area (Å²) < 4.78 is 31.4. The number of pyridine rings is 1. The third-order valence-electron chi connectivity index (χ3n) is 2.42. The van der Waals surface area contributed by atoms with E-state index < -0.39 is 10.1 Å². The van der Waals surface area contributed by atoms with Gasteiger partial charge < -0.3 is 0 Å². The van der Waals surface area contributed by atoms with Crippen LogP contribution in [0.15, 0.2) is 52.1 Å². The Morgan fingerprint density at radius 1 is 1.06 bits per heavy atom. The van der Waals surface area contributed by atoms with Crippen LogP contribution in [-0.4, -0.2) is 18.0 Å². The van der Waals surface area contributed by atoms with E-state index in [9.17, 15) is 8.42 Å². The largest absolute Gasteiger partial charge is 0.294 e. The highest BCUT2D eigenvalue weighted by Gasteiger charge is 2.08. The monoisotopic (exact) mass is 327 g/mol. The lowest BCUT2D eigenvalue weighted by atomic mass is 10.1. The molecular weight excluding hydrogens is 318 g/mol. The number of aromatic nitrogens is 1. The van der Waals surface area contributed by atoms with Crippen molar-refractivity contribution in [2.45, 2.75) is 11.3 Å². The summed E-state index contributed by atoms with van der Waals surface area (Å²) in [4.78, 5) is 4.02. The fraction of sp³-hybridized carbons (Fsp3) is 0.0833. The van der Waals surface area contributed by atoms with Gasteiger partial charge in [-0.2, -0.15) is 8.42 Å². The number of rotatable bonds is 3. The summed E-state index contributed by atoms with van der Waals surface area (Å²) in [6.07, 6.45) is 2.41. The summed E-state index contributed by atoms with van der Waals surface area (Å²) in [6.45, 7) is 0. The van der Waals surface area contributed by atoms with Crippen LogP contribution in [0.1, 0.15) is 11.1 Å². The zero-order valence-corrected chi connectivity index (χ0v) is 11.6. The molecule has 0 aliphatic carbocycles. The highest BCUT2D eigenvalue weighted by molar-refractivity contribution is 9.10. The first kappa shape index (κ1) is 13.2. The maximum atomic E-state index is 10.9. The number of halogens is 1. The topological polar surface area (TPSA) is 67.3 Å². The molecule has 1 heterocycles. The van der Waals surface area contributed by atoms with Crippen molar-refractivity contribution in [2.24, 2.45) is 0 Å². The van der Waals surface area contributed by atoms with Gasteiger partial charge in [-0.1, -0.05) is 18.2 Å². The van der Waals surface area contributed by atoms with Gasteiger partial charge in [-0.15, -0.1) is 0 Å². The predicted octanol–water partition coefficient (Wildman–Crippen LogP) is 2.68. The average molecular weight is 328 g/mol. The Balaban J connectivity index is 2.18. The fourth-order valence-electron chi connectivity index (χ4n) is 1.53. The van der Waals surface area contributed by atoms with E-state index in [4.69, 9.17) is 4.55 Å². The van der Waals surface area contributed by atoms with Crippen molar-refractivity contribution in [3.8, 4) is 0 Å². The fourth-order valence-corrected chi connectivity index (χ4v) is 2.24. The smallest absolute Gasteiger partial charge is 0.282 e. The lowest BCUT2D eigenvalue weighted by Gasteiger charge is -2.03. The first-order valence-corrected chi connectivity index (χ1v) is 7.35. The molecule has 6 heteroatoms. The van der Waals surface area contributed by atoms with Gasteiger partial charge in [0.15, 0.2) is 0 Å². The van der Waals surface area contributed by atoms with Gasteiger partial charge in [0.2, 0.25) is 0 Å². The molecule has 0 saturated heterocycles. The van der Waals surface area contributed by atoms with Gasteiger partial charge in [0.05, 0.1) is 4.90 Å². The minimum Gasteiger partial charge on any atom is -0.282 e. The summed E-state index contributed by atoms with van der Waals surface area (Å²) in [5.74, 6) is 0. The van der Waals surface area contributed by atoms with Crippen LogP contribution in [0, 0.1) is 0 Å². The molecule has 2 rings (SSSR count). The van der Waals surface area contributed by atoms with Crippen molar-refractivity contribution in [3.05, 3.63) is 58.3 Å². The second kappa shape index (κ2) is 5.17. The van der Waals surface area contributed by atoms with Crippen molar-refractivity contribution in [3.63, 3.8) is 0 Å². The van der Waals surface area contributed by atoms with Crippen molar-refractivity contribution in [1.82, 2.24) is 4.98 Å². The second-order valence-electron chi connectivity index (χ2n) is 3.78. The molecule has 1 aromatic carbocycles. The summed E-state index contributed by atoms with van der Waals surface area (Å²) in [6, 6.07) is 9.90. The molecular formula is C12H10BrNO3S. The molecule has 94 valence electrons. The summed E-state index contributed by atoms with van der Waals surface area (Å²) in [5, 5.41) is 0. The molecule has 0 spiro atoms. The Hall–Kier alpha value is -1.24. The SMILES string of the molecule is O=S(=O)(O)c1ccc(Cc2ccc(Br)nc2)cc1. The molecule has 0 fully saturated rings. The predicted molar refractivity (Wildman–Crippen MR) is 71.0 cm³/mol. The third-order valence-corrected chi connectivity index (χ3v) is 3.76. The molecule has 0 aliphatic heterocycles. The molecule has 0 aliphatic rings. The van der Waals surface area contributed by atoms with Crippen molar-refractivity contribution >= 4 is 26.0 Å². The van der Waals surface area contributed by atoms with Crippen LogP contribution in [0.4, 0.5) is 0 Å². The zero-order valence-electron chi connectivity index (χ0n) is 9.25. The van der Waals surface area contributed by atoms with Crippen LogP contribution < -0.4 is 0 Å². The number of hydrogen-bond acceptors (Lipinski definition) is 3. The van der Waals surface area contributed by atoms with Gasteiger partial charge in [-0.25, -0.2) is 4.98 Å². The van der Waals surface area contributed by atoms with E-state index in [0.29, 0.717) is 6.42 Å². The normalized spacial score (nSPS) is 11.4. The minimum atomic E-state index is -4.12. The van der Waals surface area contributed by atoms with E-state index in [0.717, 1.165) is 15.7 Å². The van der Waals surface area contributed by atoms with Gasteiger partial charge in [0.1, 0.15) is 4.60 Å². The number of nitrogens with zero attached hydrogens (tertiary/aromatic N) is 1. The van der Waals surface area contributed by atoms with Crippen LogP contribution in [0.2, 0.25) is 0 Å². The minimum absolute atomic E-state index is 0.0971. The highest BCUT2D eigenvalue weighted by atomic mass is 79.9. The lowest BCUT2D eigenvalue weighted by Crippen LogP contribution is -1.98. The van der Waals surface area contributed by atoms with Gasteiger partial charge in [0, 0.05) is 6.20 Å². The van der Waals surface area contributed by atoms with Gasteiger partial charge >= 0.3 is 0 Å². The first-order chi connectivity index (χ1) is 8.45. The standard InChI is InChI=1S/C12H10BrNO3S/c13-12-6-3-10(8-14-12)7-9-1-4-11(5-2-9)18(15,16)17/h1-6,8H,7H2,(H,15,16,17). The van der Waals surface area contributed by atoms with Gasteiger partial charge in [-0.3, -0.25) is 4.55 Å². The number of hydrogen-bond donors (Lipinski definition) is 1. The second-order valence-corrected chi connectivity index (χ2v) is 6.02. The van der Waals surface area contributed by atoms with Crippen LogP contribution in [0.5, 0.6) is 0 Å². The van der Waals surface area contributed by atoms with E-state index in [-0.39, 0.29) is 4.90 Å². The lowest BCUT2D eigenvalue weighted by molar-refractivity contribution is 0.483. The van der Waals surface area contributed by atoms with Crippen LogP contribution in [0.3, 0.4) is 0 Å². The molecule has 0 radical (unpaired) electrons. The van der Waals surface area contributed by atoms with E-state index in [1.54, 1.807) is 18.3 Å². The first-order valence-electron chi connectivity index (χ1n) is 5.12. The van der Waals surface area contributed by atoms with E-state index >= 15 is 0 Å². The van der Waals surface area contributed by atoms with Gasteiger partial charge in [0.25, 0.3) is 10.1 Å². The molecule has 0 bridgehead atoms. The van der Waals surface area contributed by atoms with Crippen LogP contribution in [0.25, 0.3) is 0 Å². The highest BCUT2D eigenvalue weighted by Crippen LogP contribution is 2.14. The third kappa shape index (κ3) is 3.38. The van der Waals surface area contributed by atoms with E-state index in [1.165, 1.54) is 12.1 Å². The van der Waals surface area contributed by atoms with E-state index in [1.807, 2.05) is 12.1 Å². The summed E-state index contributed by atoms with van der Waals surface area (Å²) >= 11 is 3.26. The molecule has 0 unspecified atom stereocenters. The van der Waals surface area contributed by atoms with Gasteiger partial charge in [-0.05, 0) is 51.7 Å². The molecule has 2 aromatic rings. The van der Waals surface area contributed by atoms with Crippen molar-refractivity contribution in [2.75, 3.05) is 0 Å². The quantitative estimate of drug-likeness (QED) is 0.695. The van der Waals surface area contributed by atoms with E-state index in [2.05, 4.69) is 20.9 Å². The summed E-state index contributed by atoms with van der Waals surface area (Å²) in [5.41, 5.74) is 1.98. The molecule has 18 heavy (non-hydrogen) atoms. The maximum Gasteiger partial charge on any atom is 0.294 e. The van der Waals surface area contributed by atoms with Crippen molar-refractivity contribution < 1.29 is 13.0 Å². The molecule has 0 saturated carbocycles. The molecule has 0 amide bonds. The molecule has 1 N–H and O–H groups in total. The summed E-state index contributed by atoms with van der Waals surface area (Å²) in [7, 11) is -4.12. The zero-order chi connectivity index (χ0) is 13.2. The molecule has 1 aromatic heterocycles.